The Morgan fingerprint density at radius 3 is 2.38 bits per heavy atom. The summed E-state index contributed by atoms with van der Waals surface area (Å²) in [6.07, 6.45) is 1.52. The molecule has 1 atom stereocenters. The molecule has 192 valence electrons. The van der Waals surface area contributed by atoms with E-state index in [-0.39, 0.29) is 27.8 Å². The van der Waals surface area contributed by atoms with Crippen molar-refractivity contribution >= 4 is 33.2 Å². The summed E-state index contributed by atoms with van der Waals surface area (Å²) in [7, 11) is -3.95. The van der Waals surface area contributed by atoms with E-state index in [1.165, 1.54) is 35.4 Å². The van der Waals surface area contributed by atoms with Crippen LogP contribution in [0.25, 0.3) is 5.76 Å². The van der Waals surface area contributed by atoms with Gasteiger partial charge in [0.2, 0.25) is 10.0 Å². The molecule has 2 heterocycles. The van der Waals surface area contributed by atoms with Gasteiger partial charge in [-0.2, -0.15) is 0 Å². The Morgan fingerprint density at radius 1 is 1.11 bits per heavy atom. The molecule has 0 radical (unpaired) electrons. The second-order valence-electron chi connectivity index (χ2n) is 8.80. The summed E-state index contributed by atoms with van der Waals surface area (Å²) in [6, 6.07) is 14.4. The fourth-order valence-electron chi connectivity index (χ4n) is 4.30. The number of ether oxygens (including phenoxy) is 1. The van der Waals surface area contributed by atoms with Gasteiger partial charge in [0, 0.05) is 17.4 Å². The van der Waals surface area contributed by atoms with E-state index >= 15 is 0 Å². The largest absolute Gasteiger partial charge is 0.507 e. The van der Waals surface area contributed by atoms with Crippen LogP contribution < -0.4 is 14.8 Å². The molecule has 4 rings (SSSR count). The van der Waals surface area contributed by atoms with Crippen LogP contribution in [0, 0.1) is 0 Å². The van der Waals surface area contributed by atoms with Crippen molar-refractivity contribution < 1.29 is 27.9 Å². The maximum Gasteiger partial charge on any atom is 0.300 e. The lowest BCUT2D eigenvalue weighted by Crippen LogP contribution is -2.29. The number of nitrogens with zero attached hydrogens (tertiary/aromatic N) is 2. The summed E-state index contributed by atoms with van der Waals surface area (Å²) >= 11 is 0. The van der Waals surface area contributed by atoms with Crippen molar-refractivity contribution in [2.75, 3.05) is 11.5 Å². The van der Waals surface area contributed by atoms with E-state index < -0.39 is 27.8 Å². The van der Waals surface area contributed by atoms with E-state index in [4.69, 9.17) is 9.88 Å². The molecule has 10 heteroatoms. The van der Waals surface area contributed by atoms with Crippen molar-refractivity contribution in [3.63, 3.8) is 0 Å². The highest BCUT2D eigenvalue weighted by atomic mass is 32.2. The second kappa shape index (κ2) is 10.2. The molecule has 0 aliphatic carbocycles. The van der Waals surface area contributed by atoms with E-state index in [1.54, 1.807) is 36.4 Å². The maximum atomic E-state index is 13.3. The molecular weight excluding hydrogens is 494 g/mol. The number of amides is 1. The molecule has 1 aromatic heterocycles. The van der Waals surface area contributed by atoms with Crippen LogP contribution in [-0.4, -0.2) is 36.8 Å². The number of rotatable bonds is 7. The number of carbonyl (C=O) groups excluding carboxylic acids is 2. The molecule has 0 saturated carbocycles. The van der Waals surface area contributed by atoms with Gasteiger partial charge >= 0.3 is 0 Å². The number of hydrogen-bond acceptors (Lipinski definition) is 7. The number of aliphatic hydroxyl groups is 1. The number of Topliss-reactive ketones (excluding diaryl/α,β-unsaturated/α-hetero) is 1. The Balaban J connectivity index is 1.90. The van der Waals surface area contributed by atoms with Gasteiger partial charge in [-0.05, 0) is 73.0 Å². The smallest absolute Gasteiger partial charge is 0.300 e. The van der Waals surface area contributed by atoms with E-state index in [9.17, 15) is 23.1 Å². The molecule has 2 aromatic carbocycles. The summed E-state index contributed by atoms with van der Waals surface area (Å²) in [6.45, 7) is 6.32. The van der Waals surface area contributed by atoms with Gasteiger partial charge in [0.15, 0.2) is 0 Å². The molecule has 3 aromatic rings. The van der Waals surface area contributed by atoms with Gasteiger partial charge in [-0.25, -0.2) is 13.6 Å². The normalized spacial score (nSPS) is 17.4. The summed E-state index contributed by atoms with van der Waals surface area (Å²) in [4.78, 5) is 32.0. The van der Waals surface area contributed by atoms with Crippen molar-refractivity contribution in [1.82, 2.24) is 4.98 Å². The zero-order valence-electron chi connectivity index (χ0n) is 20.6. The monoisotopic (exact) mass is 521 g/mol. The van der Waals surface area contributed by atoms with E-state index in [1.807, 2.05) is 20.8 Å². The van der Waals surface area contributed by atoms with Crippen LogP contribution in [0.15, 0.2) is 77.3 Å². The Bertz CT molecular complexity index is 1480. The summed E-state index contributed by atoms with van der Waals surface area (Å²) in [5.74, 6) is -1.37. The first-order chi connectivity index (χ1) is 17.5. The Hall–Kier alpha value is -4.02. The van der Waals surface area contributed by atoms with Crippen molar-refractivity contribution in [2.45, 2.75) is 37.6 Å². The number of anilines is 1. The summed E-state index contributed by atoms with van der Waals surface area (Å²) in [5.41, 5.74) is 1.68. The number of primary sulfonamides is 1. The van der Waals surface area contributed by atoms with Crippen LogP contribution in [0.1, 0.15) is 49.6 Å². The summed E-state index contributed by atoms with van der Waals surface area (Å²) < 4.78 is 29.1. The van der Waals surface area contributed by atoms with Crippen molar-refractivity contribution in [2.24, 2.45) is 5.14 Å². The van der Waals surface area contributed by atoms with Crippen molar-refractivity contribution in [1.29, 1.82) is 0 Å². The molecular formula is C27H27N3O6S. The standard InChI is InChI=1S/C27H27N3O6S/c1-4-36-22-13-8-17(15-20(22)16(2)3)25(31)23-24(21-7-5-6-14-29-21)30(27(33)26(23)32)18-9-11-19(12-10-18)37(28,34)35/h5-16,24,31H,4H2,1-3H3,(H2,28,34,35)/b25-23-. The van der Waals surface area contributed by atoms with Gasteiger partial charge in [0.1, 0.15) is 17.6 Å². The van der Waals surface area contributed by atoms with Gasteiger partial charge in [-0.15, -0.1) is 0 Å². The fraction of sp³-hybridized carbons (Fsp3) is 0.222. The lowest BCUT2D eigenvalue weighted by Gasteiger charge is -2.24. The highest BCUT2D eigenvalue weighted by molar-refractivity contribution is 7.89. The molecule has 1 fully saturated rings. The van der Waals surface area contributed by atoms with Gasteiger partial charge in [0.05, 0.1) is 22.8 Å². The van der Waals surface area contributed by atoms with E-state index in [0.29, 0.717) is 23.6 Å². The Kier molecular flexibility index (Phi) is 7.15. The molecule has 1 amide bonds. The second-order valence-corrected chi connectivity index (χ2v) is 10.4. The van der Waals surface area contributed by atoms with E-state index in [2.05, 4.69) is 4.98 Å². The number of aliphatic hydroxyl groups excluding tert-OH is 1. The van der Waals surface area contributed by atoms with Crippen LogP contribution in [0.2, 0.25) is 0 Å². The highest BCUT2D eigenvalue weighted by Gasteiger charge is 2.47. The Morgan fingerprint density at radius 2 is 1.81 bits per heavy atom. The predicted octanol–water partition coefficient (Wildman–Crippen LogP) is 3.88. The number of sulfonamides is 1. The summed E-state index contributed by atoms with van der Waals surface area (Å²) in [5, 5.41) is 16.6. The third-order valence-corrected chi connectivity index (χ3v) is 6.99. The molecule has 0 bridgehead atoms. The van der Waals surface area contributed by atoms with Crippen molar-refractivity contribution in [3.8, 4) is 5.75 Å². The number of nitrogens with two attached hydrogens (primary N) is 1. The minimum absolute atomic E-state index is 0.0700. The number of pyridine rings is 1. The lowest BCUT2D eigenvalue weighted by atomic mass is 9.94. The first-order valence-corrected chi connectivity index (χ1v) is 13.2. The molecule has 1 aliphatic rings. The molecule has 1 aliphatic heterocycles. The molecule has 3 N–H and O–H groups in total. The zero-order valence-corrected chi connectivity index (χ0v) is 21.4. The van der Waals surface area contributed by atoms with Gasteiger partial charge in [-0.1, -0.05) is 19.9 Å². The first kappa shape index (κ1) is 26.1. The zero-order chi connectivity index (χ0) is 26.9. The van der Waals surface area contributed by atoms with Crippen LogP contribution >= 0.6 is 0 Å². The van der Waals surface area contributed by atoms with Gasteiger partial charge < -0.3 is 9.84 Å². The molecule has 0 spiro atoms. The lowest BCUT2D eigenvalue weighted by molar-refractivity contribution is -0.132. The SMILES string of the molecule is CCOc1ccc(/C(O)=C2/C(=O)C(=O)N(c3ccc(S(N)(=O)=O)cc3)C2c2ccccn2)cc1C(C)C. The third-order valence-electron chi connectivity index (χ3n) is 6.06. The van der Waals surface area contributed by atoms with Gasteiger partial charge in [-0.3, -0.25) is 19.5 Å². The minimum atomic E-state index is -3.95. The van der Waals surface area contributed by atoms with Crippen LogP contribution in [0.3, 0.4) is 0 Å². The number of aromatic nitrogens is 1. The molecule has 9 nitrogen and oxygen atoms in total. The van der Waals surface area contributed by atoms with Gasteiger partial charge in [0.25, 0.3) is 11.7 Å². The van der Waals surface area contributed by atoms with Crippen LogP contribution in [-0.2, 0) is 19.6 Å². The quantitative estimate of drug-likeness (QED) is 0.273. The molecule has 1 unspecified atom stereocenters. The third kappa shape index (κ3) is 4.98. The van der Waals surface area contributed by atoms with E-state index in [0.717, 1.165) is 5.56 Å². The number of carbonyl (C=O) groups is 2. The predicted molar refractivity (Wildman–Crippen MR) is 139 cm³/mol. The number of ketones is 1. The molecule has 1 saturated heterocycles. The minimum Gasteiger partial charge on any atom is -0.507 e. The topological polar surface area (TPSA) is 140 Å². The fourth-order valence-corrected chi connectivity index (χ4v) is 4.82. The van der Waals surface area contributed by atoms with Crippen LogP contribution in [0.5, 0.6) is 5.75 Å². The number of hydrogen-bond donors (Lipinski definition) is 2. The van der Waals surface area contributed by atoms with Crippen LogP contribution in [0.4, 0.5) is 5.69 Å². The first-order valence-electron chi connectivity index (χ1n) is 11.7. The average molecular weight is 522 g/mol. The van der Waals surface area contributed by atoms with Crippen molar-refractivity contribution in [3.05, 3.63) is 89.3 Å². The molecule has 37 heavy (non-hydrogen) atoms. The average Bonchev–Trinajstić information content (AvgIpc) is 3.14. The Labute approximate surface area is 215 Å². The number of benzene rings is 2. The highest BCUT2D eigenvalue weighted by Crippen LogP contribution is 2.42. The maximum absolute atomic E-state index is 13.3.